The number of nitrogens with zero attached hydrogens (tertiary/aromatic N) is 4. The molecule has 2 unspecified atom stereocenters. The van der Waals surface area contributed by atoms with Crippen LogP contribution in [0.1, 0.15) is 12.5 Å². The van der Waals surface area contributed by atoms with E-state index < -0.39 is 6.10 Å². The number of allylic oxidation sites excluding steroid dienone is 1. The smallest absolute Gasteiger partial charge is 0.224 e. The highest BCUT2D eigenvalue weighted by molar-refractivity contribution is 5.82. The highest BCUT2D eigenvalue weighted by Crippen LogP contribution is 2.27. The zero-order valence-corrected chi connectivity index (χ0v) is 8.98. The van der Waals surface area contributed by atoms with Gasteiger partial charge in [0.2, 0.25) is 5.95 Å². The van der Waals surface area contributed by atoms with Crippen LogP contribution in [0.25, 0.3) is 11.2 Å². The van der Waals surface area contributed by atoms with Crippen molar-refractivity contribution in [2.75, 3.05) is 11.5 Å². The van der Waals surface area contributed by atoms with E-state index in [-0.39, 0.29) is 17.8 Å². The number of aliphatic hydroxyl groups excluding tert-OH is 1. The van der Waals surface area contributed by atoms with E-state index in [0.717, 1.165) is 0 Å². The second kappa shape index (κ2) is 3.42. The lowest BCUT2D eigenvalue weighted by Gasteiger charge is -2.11. The third-order valence-corrected chi connectivity index (χ3v) is 2.86. The molecule has 0 spiro atoms. The molecule has 17 heavy (non-hydrogen) atoms. The Hall–Kier alpha value is -2.15. The van der Waals surface area contributed by atoms with Gasteiger partial charge in [-0.3, -0.25) is 0 Å². The Labute approximate surface area is 96.8 Å². The number of nitrogen functional groups attached to an aromatic ring is 2. The summed E-state index contributed by atoms with van der Waals surface area (Å²) in [6.07, 6.45) is 5.50. The Kier molecular flexibility index (Phi) is 2.02. The highest BCUT2D eigenvalue weighted by atomic mass is 16.3. The van der Waals surface area contributed by atoms with Gasteiger partial charge in [0, 0.05) is 6.42 Å². The number of nitrogens with two attached hydrogens (primary N) is 2. The highest BCUT2D eigenvalue weighted by Gasteiger charge is 2.21. The normalized spacial score (nSPS) is 23.6. The Morgan fingerprint density at radius 1 is 1.29 bits per heavy atom. The molecule has 7 nitrogen and oxygen atoms in total. The number of imidazole rings is 1. The quantitative estimate of drug-likeness (QED) is 0.589. The van der Waals surface area contributed by atoms with Crippen LogP contribution in [-0.4, -0.2) is 30.7 Å². The van der Waals surface area contributed by atoms with E-state index in [1.54, 1.807) is 12.4 Å². The molecule has 88 valence electrons. The van der Waals surface area contributed by atoms with E-state index in [9.17, 15) is 5.11 Å². The molecule has 0 saturated heterocycles. The van der Waals surface area contributed by atoms with Gasteiger partial charge in [-0.2, -0.15) is 9.97 Å². The summed E-state index contributed by atoms with van der Waals surface area (Å²) in [6, 6.07) is 0.0312. The predicted octanol–water partition coefficient (Wildman–Crippen LogP) is -0.147. The molecular weight excluding hydrogens is 220 g/mol. The number of hydrogen-bond acceptors (Lipinski definition) is 6. The average Bonchev–Trinajstić information content (AvgIpc) is 2.83. The first-order valence-electron chi connectivity index (χ1n) is 5.27. The van der Waals surface area contributed by atoms with E-state index in [4.69, 9.17) is 11.5 Å². The van der Waals surface area contributed by atoms with Crippen LogP contribution in [0, 0.1) is 0 Å². The molecule has 0 radical (unpaired) electrons. The molecule has 1 aliphatic carbocycles. The van der Waals surface area contributed by atoms with Crippen molar-refractivity contribution in [3.63, 3.8) is 0 Å². The maximum atomic E-state index is 9.48. The molecule has 3 rings (SSSR count). The number of aromatic nitrogens is 4. The summed E-state index contributed by atoms with van der Waals surface area (Å²) in [7, 11) is 0. The van der Waals surface area contributed by atoms with Crippen molar-refractivity contribution in [1.29, 1.82) is 0 Å². The van der Waals surface area contributed by atoms with Gasteiger partial charge >= 0.3 is 0 Å². The van der Waals surface area contributed by atoms with Gasteiger partial charge in [0.05, 0.1) is 18.5 Å². The van der Waals surface area contributed by atoms with Gasteiger partial charge in [0.15, 0.2) is 11.5 Å². The summed E-state index contributed by atoms with van der Waals surface area (Å²) in [4.78, 5) is 12.2. The van der Waals surface area contributed by atoms with Crippen LogP contribution >= 0.6 is 0 Å². The van der Waals surface area contributed by atoms with E-state index >= 15 is 0 Å². The van der Waals surface area contributed by atoms with Crippen molar-refractivity contribution in [2.45, 2.75) is 18.6 Å². The Balaban J connectivity index is 2.15. The van der Waals surface area contributed by atoms with Gasteiger partial charge < -0.3 is 21.1 Å². The lowest BCUT2D eigenvalue weighted by molar-refractivity contribution is 0.211. The van der Waals surface area contributed by atoms with Gasteiger partial charge in [0.1, 0.15) is 5.52 Å². The maximum absolute atomic E-state index is 9.48. The first-order chi connectivity index (χ1) is 8.15. The first-order valence-corrected chi connectivity index (χ1v) is 5.27. The van der Waals surface area contributed by atoms with Crippen molar-refractivity contribution in [2.24, 2.45) is 0 Å². The van der Waals surface area contributed by atoms with Gasteiger partial charge in [-0.15, -0.1) is 0 Å². The molecular formula is C10H12N6O. The monoisotopic (exact) mass is 232 g/mol. The largest absolute Gasteiger partial charge is 0.389 e. The summed E-state index contributed by atoms with van der Waals surface area (Å²) in [6.45, 7) is 0. The molecule has 2 atom stereocenters. The molecule has 0 aromatic carbocycles. The Morgan fingerprint density at radius 3 is 2.82 bits per heavy atom. The van der Waals surface area contributed by atoms with E-state index in [1.165, 1.54) is 0 Å². The lowest BCUT2D eigenvalue weighted by atomic mass is 10.2. The summed E-state index contributed by atoms with van der Waals surface area (Å²) >= 11 is 0. The number of anilines is 2. The van der Waals surface area contributed by atoms with Crippen molar-refractivity contribution >= 4 is 22.9 Å². The minimum atomic E-state index is -0.422. The summed E-state index contributed by atoms with van der Waals surface area (Å²) < 4.78 is 1.84. The molecule has 0 fully saturated rings. The van der Waals surface area contributed by atoms with Crippen LogP contribution in [0.2, 0.25) is 0 Å². The van der Waals surface area contributed by atoms with Crippen molar-refractivity contribution in [3.8, 4) is 0 Å². The second-order valence-electron chi connectivity index (χ2n) is 4.05. The first kappa shape index (κ1) is 10.0. The summed E-state index contributed by atoms with van der Waals surface area (Å²) in [5.41, 5.74) is 12.4. The number of fused-ring (bicyclic) bond motifs is 1. The molecule has 0 amide bonds. The summed E-state index contributed by atoms with van der Waals surface area (Å²) in [5.74, 6) is 0.396. The topological polar surface area (TPSA) is 116 Å². The second-order valence-corrected chi connectivity index (χ2v) is 4.05. The molecule has 0 bridgehead atoms. The zero-order chi connectivity index (χ0) is 12.0. The van der Waals surface area contributed by atoms with Crippen LogP contribution in [0.3, 0.4) is 0 Å². The minimum Gasteiger partial charge on any atom is -0.389 e. The molecule has 7 heteroatoms. The third-order valence-electron chi connectivity index (χ3n) is 2.86. The predicted molar refractivity (Wildman–Crippen MR) is 62.9 cm³/mol. The van der Waals surface area contributed by atoms with Crippen molar-refractivity contribution < 1.29 is 5.11 Å². The van der Waals surface area contributed by atoms with Gasteiger partial charge in [-0.1, -0.05) is 12.2 Å². The van der Waals surface area contributed by atoms with Crippen LogP contribution in [0.15, 0.2) is 18.5 Å². The fraction of sp³-hybridized carbons (Fsp3) is 0.300. The van der Waals surface area contributed by atoms with Crippen molar-refractivity contribution in [3.05, 3.63) is 18.5 Å². The average molecular weight is 232 g/mol. The van der Waals surface area contributed by atoms with Crippen LogP contribution < -0.4 is 11.5 Å². The van der Waals surface area contributed by atoms with E-state index in [1.807, 2.05) is 10.6 Å². The molecule has 2 heterocycles. The Morgan fingerprint density at radius 2 is 2.12 bits per heavy atom. The zero-order valence-electron chi connectivity index (χ0n) is 8.98. The minimum absolute atomic E-state index is 0.0312. The van der Waals surface area contributed by atoms with Crippen LogP contribution in [-0.2, 0) is 0 Å². The van der Waals surface area contributed by atoms with E-state index in [2.05, 4.69) is 15.0 Å². The molecule has 0 aliphatic heterocycles. The molecule has 0 saturated carbocycles. The maximum Gasteiger partial charge on any atom is 0.224 e. The van der Waals surface area contributed by atoms with Crippen LogP contribution in [0.5, 0.6) is 0 Å². The van der Waals surface area contributed by atoms with Gasteiger partial charge in [-0.25, -0.2) is 4.98 Å². The molecule has 5 N–H and O–H groups in total. The van der Waals surface area contributed by atoms with Gasteiger partial charge in [-0.05, 0) is 0 Å². The summed E-state index contributed by atoms with van der Waals surface area (Å²) in [5, 5.41) is 9.48. The van der Waals surface area contributed by atoms with Gasteiger partial charge in [0.25, 0.3) is 0 Å². The standard InChI is InChI=1S/C10H12N6O/c11-8-7-9(15-10(12)14-8)16(4-13-7)5-1-2-6(17)3-5/h1-2,4-6,17H,3H2,(H4,11,12,14,15). The SMILES string of the molecule is Nc1nc(N)c2ncn(C3C=CC(O)C3)c2n1. The third kappa shape index (κ3) is 1.51. The molecule has 2 aromatic heterocycles. The van der Waals surface area contributed by atoms with E-state index in [0.29, 0.717) is 17.6 Å². The number of hydrogen-bond donors (Lipinski definition) is 3. The number of rotatable bonds is 1. The lowest BCUT2D eigenvalue weighted by Crippen LogP contribution is -2.09. The molecule has 1 aliphatic rings. The molecule has 2 aromatic rings. The Bertz CT molecular complexity index is 604. The fourth-order valence-electron chi connectivity index (χ4n) is 2.07. The number of aliphatic hydroxyl groups is 1. The van der Waals surface area contributed by atoms with Crippen LogP contribution in [0.4, 0.5) is 11.8 Å². The van der Waals surface area contributed by atoms with Crippen molar-refractivity contribution in [1.82, 2.24) is 19.5 Å². The fourth-order valence-corrected chi connectivity index (χ4v) is 2.07.